The fourth-order valence-electron chi connectivity index (χ4n) is 0.927. The van der Waals surface area contributed by atoms with Crippen molar-refractivity contribution in [3.8, 4) is 0 Å². The molecule has 0 aliphatic carbocycles. The Morgan fingerprint density at radius 2 is 2.38 bits per heavy atom. The first-order valence-corrected chi connectivity index (χ1v) is 6.16. The fourth-order valence-corrected chi connectivity index (χ4v) is 1.56. The van der Waals surface area contributed by atoms with Gasteiger partial charge < -0.3 is 5.32 Å². The molecular formula is C8H12N4O3S. The van der Waals surface area contributed by atoms with Gasteiger partial charge in [0.2, 0.25) is 5.91 Å². The maximum atomic E-state index is 11.3. The molecule has 1 N–H and O–H groups in total. The molecule has 1 aromatic heterocycles. The Labute approximate surface area is 93.1 Å². The van der Waals surface area contributed by atoms with Gasteiger partial charge in [0.25, 0.3) is 0 Å². The number of amides is 1. The van der Waals surface area contributed by atoms with Gasteiger partial charge in [-0.15, -0.1) is 5.10 Å². The van der Waals surface area contributed by atoms with Gasteiger partial charge >= 0.3 is 0 Å². The van der Waals surface area contributed by atoms with Crippen LogP contribution in [-0.2, 0) is 21.7 Å². The van der Waals surface area contributed by atoms with Gasteiger partial charge in [-0.25, -0.2) is 13.1 Å². The molecule has 7 nitrogen and oxygen atoms in total. The summed E-state index contributed by atoms with van der Waals surface area (Å²) in [6, 6.07) is 0. The Morgan fingerprint density at radius 3 is 2.88 bits per heavy atom. The SMILES string of the molecule is C=CS(=O)(=O)CCC(=O)Nc1cnnn1C. The summed E-state index contributed by atoms with van der Waals surface area (Å²) in [4.78, 5) is 11.3. The van der Waals surface area contributed by atoms with Crippen molar-refractivity contribution in [1.82, 2.24) is 15.0 Å². The van der Waals surface area contributed by atoms with Crippen molar-refractivity contribution in [2.75, 3.05) is 11.1 Å². The number of aryl methyl sites for hydroxylation is 1. The van der Waals surface area contributed by atoms with Gasteiger partial charge in [0.05, 0.1) is 11.9 Å². The van der Waals surface area contributed by atoms with Gasteiger partial charge in [0.15, 0.2) is 15.7 Å². The first-order valence-electron chi connectivity index (χ1n) is 4.44. The van der Waals surface area contributed by atoms with Crippen LogP contribution < -0.4 is 5.32 Å². The quantitative estimate of drug-likeness (QED) is 0.767. The lowest BCUT2D eigenvalue weighted by Gasteiger charge is -2.03. The predicted octanol–water partition coefficient (Wildman–Crippen LogP) is -0.298. The molecule has 0 aliphatic heterocycles. The lowest BCUT2D eigenvalue weighted by Crippen LogP contribution is -2.17. The first-order chi connectivity index (χ1) is 7.44. The topological polar surface area (TPSA) is 93.9 Å². The summed E-state index contributed by atoms with van der Waals surface area (Å²) in [6.07, 6.45) is 1.25. The number of carbonyl (C=O) groups is 1. The molecule has 0 bridgehead atoms. The van der Waals surface area contributed by atoms with Gasteiger partial charge in [-0.1, -0.05) is 11.8 Å². The van der Waals surface area contributed by atoms with Crippen LogP contribution in [0.2, 0.25) is 0 Å². The van der Waals surface area contributed by atoms with E-state index in [2.05, 4.69) is 22.2 Å². The van der Waals surface area contributed by atoms with E-state index < -0.39 is 15.7 Å². The van der Waals surface area contributed by atoms with E-state index in [0.717, 1.165) is 5.41 Å². The third-order valence-corrected chi connectivity index (χ3v) is 3.13. The Bertz CT molecular complexity index is 491. The Balaban J connectivity index is 2.50. The Hall–Kier alpha value is -1.70. The van der Waals surface area contributed by atoms with Crippen LogP contribution in [0.4, 0.5) is 5.82 Å². The van der Waals surface area contributed by atoms with Crippen LogP contribution in [-0.4, -0.2) is 35.1 Å². The molecule has 0 radical (unpaired) electrons. The zero-order valence-corrected chi connectivity index (χ0v) is 9.57. The monoisotopic (exact) mass is 244 g/mol. The average molecular weight is 244 g/mol. The zero-order valence-electron chi connectivity index (χ0n) is 8.75. The second kappa shape index (κ2) is 4.88. The predicted molar refractivity (Wildman–Crippen MR) is 58.2 cm³/mol. The normalized spacial score (nSPS) is 11.1. The minimum Gasteiger partial charge on any atom is -0.310 e. The molecule has 88 valence electrons. The average Bonchev–Trinajstić information content (AvgIpc) is 2.62. The molecule has 8 heteroatoms. The number of nitrogens with zero attached hydrogens (tertiary/aromatic N) is 3. The molecule has 0 aromatic carbocycles. The molecule has 1 heterocycles. The highest BCUT2D eigenvalue weighted by molar-refractivity contribution is 7.94. The number of rotatable bonds is 5. The van der Waals surface area contributed by atoms with E-state index in [-0.39, 0.29) is 12.2 Å². The zero-order chi connectivity index (χ0) is 12.2. The van der Waals surface area contributed by atoms with E-state index in [0.29, 0.717) is 5.82 Å². The summed E-state index contributed by atoms with van der Waals surface area (Å²) in [5.74, 6) is -0.245. The summed E-state index contributed by atoms with van der Waals surface area (Å²) in [7, 11) is -1.72. The number of nitrogens with one attached hydrogen (secondary N) is 1. The molecule has 0 saturated heterocycles. The molecule has 1 aromatic rings. The number of sulfone groups is 1. The first kappa shape index (κ1) is 12.4. The minimum absolute atomic E-state index is 0.125. The van der Waals surface area contributed by atoms with E-state index in [1.54, 1.807) is 7.05 Å². The van der Waals surface area contributed by atoms with Crippen LogP contribution in [0, 0.1) is 0 Å². The smallest absolute Gasteiger partial charge is 0.226 e. The summed E-state index contributed by atoms with van der Waals surface area (Å²) in [5.41, 5.74) is 0. The van der Waals surface area contributed by atoms with Crippen molar-refractivity contribution in [3.63, 3.8) is 0 Å². The van der Waals surface area contributed by atoms with Gasteiger partial charge in [0, 0.05) is 18.9 Å². The second-order valence-electron chi connectivity index (χ2n) is 3.07. The van der Waals surface area contributed by atoms with Gasteiger partial charge in [-0.3, -0.25) is 4.79 Å². The van der Waals surface area contributed by atoms with Crippen molar-refractivity contribution in [3.05, 3.63) is 18.2 Å². The second-order valence-corrected chi connectivity index (χ2v) is 5.14. The summed E-state index contributed by atoms with van der Waals surface area (Å²) < 4.78 is 23.5. The van der Waals surface area contributed by atoms with Gasteiger partial charge in [0.1, 0.15) is 0 Å². The van der Waals surface area contributed by atoms with Crippen LogP contribution >= 0.6 is 0 Å². The van der Waals surface area contributed by atoms with Crippen LogP contribution in [0.5, 0.6) is 0 Å². The van der Waals surface area contributed by atoms with Crippen LogP contribution in [0.25, 0.3) is 0 Å². The van der Waals surface area contributed by atoms with E-state index in [4.69, 9.17) is 0 Å². The maximum Gasteiger partial charge on any atom is 0.226 e. The number of anilines is 1. The van der Waals surface area contributed by atoms with E-state index in [9.17, 15) is 13.2 Å². The van der Waals surface area contributed by atoms with Crippen molar-refractivity contribution in [2.24, 2.45) is 7.05 Å². The molecule has 0 unspecified atom stereocenters. The Kier molecular flexibility index (Phi) is 3.78. The fraction of sp³-hybridized carbons (Fsp3) is 0.375. The van der Waals surface area contributed by atoms with E-state index in [1.807, 2.05) is 0 Å². The highest BCUT2D eigenvalue weighted by Crippen LogP contribution is 2.02. The lowest BCUT2D eigenvalue weighted by atomic mass is 10.4. The Morgan fingerprint density at radius 1 is 1.69 bits per heavy atom. The van der Waals surface area contributed by atoms with Crippen molar-refractivity contribution >= 4 is 21.6 Å². The third kappa shape index (κ3) is 3.46. The van der Waals surface area contributed by atoms with Crippen LogP contribution in [0.15, 0.2) is 18.2 Å². The molecule has 0 fully saturated rings. The van der Waals surface area contributed by atoms with Crippen LogP contribution in [0.3, 0.4) is 0 Å². The molecule has 0 saturated carbocycles. The van der Waals surface area contributed by atoms with Crippen molar-refractivity contribution in [1.29, 1.82) is 0 Å². The largest absolute Gasteiger partial charge is 0.310 e. The molecule has 16 heavy (non-hydrogen) atoms. The highest BCUT2D eigenvalue weighted by atomic mass is 32.2. The van der Waals surface area contributed by atoms with Gasteiger partial charge in [-0.05, 0) is 0 Å². The molecule has 1 amide bonds. The number of aromatic nitrogens is 3. The summed E-state index contributed by atoms with van der Waals surface area (Å²) in [5, 5.41) is 10.5. The van der Waals surface area contributed by atoms with Crippen molar-refractivity contribution in [2.45, 2.75) is 6.42 Å². The van der Waals surface area contributed by atoms with Crippen LogP contribution in [0.1, 0.15) is 6.42 Å². The lowest BCUT2D eigenvalue weighted by molar-refractivity contribution is -0.115. The molecule has 1 rings (SSSR count). The summed E-state index contributed by atoms with van der Waals surface area (Å²) in [6.45, 7) is 3.16. The molecule has 0 atom stereocenters. The standard InChI is InChI=1S/C8H12N4O3S/c1-3-16(14,15)5-4-8(13)10-7-6-9-11-12(7)2/h3,6H,1,4-5H2,2H3,(H,10,13). The number of carbonyl (C=O) groups excluding carboxylic acids is 1. The molecule has 0 spiro atoms. The number of hydrogen-bond acceptors (Lipinski definition) is 5. The minimum atomic E-state index is -3.34. The highest BCUT2D eigenvalue weighted by Gasteiger charge is 2.11. The molecule has 0 aliphatic rings. The van der Waals surface area contributed by atoms with E-state index >= 15 is 0 Å². The third-order valence-electron chi connectivity index (χ3n) is 1.85. The summed E-state index contributed by atoms with van der Waals surface area (Å²) >= 11 is 0. The maximum absolute atomic E-state index is 11.3. The van der Waals surface area contributed by atoms with Crippen molar-refractivity contribution < 1.29 is 13.2 Å². The molecular weight excluding hydrogens is 232 g/mol. The van der Waals surface area contributed by atoms with E-state index in [1.165, 1.54) is 10.9 Å². The number of hydrogen-bond donors (Lipinski definition) is 1. The van der Waals surface area contributed by atoms with Gasteiger partial charge in [-0.2, -0.15) is 0 Å².